The molecule has 1 atom stereocenters. The summed E-state index contributed by atoms with van der Waals surface area (Å²) in [5, 5.41) is 7.48. The molecule has 6 heteroatoms. The molecule has 0 aliphatic carbocycles. The molecule has 0 bridgehead atoms. The standard InChI is InChI=1S/C13H21N3O2S/c1-5-6-11(17)14-12-9-7-19(18)8-10(9)15-16(12)13(2,3)4/h5-8H2,1-4H3,(H,14,17)/t19-/m1/s1. The summed E-state index contributed by atoms with van der Waals surface area (Å²) in [5.41, 5.74) is 1.60. The largest absolute Gasteiger partial charge is 0.311 e. The van der Waals surface area contributed by atoms with E-state index in [1.807, 2.05) is 32.4 Å². The molecule has 19 heavy (non-hydrogen) atoms. The lowest BCUT2D eigenvalue weighted by atomic mass is 10.1. The van der Waals surface area contributed by atoms with Gasteiger partial charge in [0, 0.05) is 22.8 Å². The van der Waals surface area contributed by atoms with Gasteiger partial charge in [-0.05, 0) is 27.2 Å². The summed E-state index contributed by atoms with van der Waals surface area (Å²) >= 11 is 0. The number of nitrogens with zero attached hydrogens (tertiary/aromatic N) is 2. The van der Waals surface area contributed by atoms with Crippen LogP contribution in [0.5, 0.6) is 0 Å². The molecule has 2 rings (SSSR count). The summed E-state index contributed by atoms with van der Waals surface area (Å²) < 4.78 is 13.5. The number of amides is 1. The van der Waals surface area contributed by atoms with Crippen LogP contribution < -0.4 is 5.32 Å². The van der Waals surface area contributed by atoms with Gasteiger partial charge in [-0.2, -0.15) is 5.10 Å². The average molecular weight is 283 g/mol. The normalized spacial score (nSPS) is 18.4. The molecule has 0 saturated carbocycles. The van der Waals surface area contributed by atoms with Crippen molar-refractivity contribution < 1.29 is 9.00 Å². The molecule has 106 valence electrons. The number of carbonyl (C=O) groups is 1. The van der Waals surface area contributed by atoms with Gasteiger partial charge in [0.15, 0.2) is 0 Å². The van der Waals surface area contributed by atoms with Gasteiger partial charge in [-0.3, -0.25) is 9.00 Å². The van der Waals surface area contributed by atoms with Gasteiger partial charge in [-0.25, -0.2) is 4.68 Å². The lowest BCUT2D eigenvalue weighted by Gasteiger charge is -2.23. The highest BCUT2D eigenvalue weighted by atomic mass is 32.2. The maximum Gasteiger partial charge on any atom is 0.225 e. The van der Waals surface area contributed by atoms with Crippen molar-refractivity contribution >= 4 is 22.5 Å². The third-order valence-corrected chi connectivity index (χ3v) is 4.25. The van der Waals surface area contributed by atoms with Crippen LogP contribution in [-0.2, 0) is 32.6 Å². The van der Waals surface area contributed by atoms with Gasteiger partial charge in [0.05, 0.1) is 22.7 Å². The Balaban J connectivity index is 2.39. The van der Waals surface area contributed by atoms with E-state index in [9.17, 15) is 9.00 Å². The predicted octanol–water partition coefficient (Wildman–Crippen LogP) is 2.14. The van der Waals surface area contributed by atoms with Gasteiger partial charge in [-0.15, -0.1) is 0 Å². The molecule has 0 unspecified atom stereocenters. The number of nitrogens with one attached hydrogen (secondary N) is 1. The van der Waals surface area contributed by atoms with Crippen molar-refractivity contribution in [2.24, 2.45) is 0 Å². The molecular formula is C13H21N3O2S. The zero-order valence-electron chi connectivity index (χ0n) is 11.9. The van der Waals surface area contributed by atoms with E-state index in [-0.39, 0.29) is 11.4 Å². The van der Waals surface area contributed by atoms with E-state index < -0.39 is 10.8 Å². The Morgan fingerprint density at radius 2 is 2.11 bits per heavy atom. The molecule has 1 aliphatic heterocycles. The number of fused-ring (bicyclic) bond motifs is 1. The Bertz CT molecular complexity index is 529. The van der Waals surface area contributed by atoms with Gasteiger partial charge < -0.3 is 5.32 Å². The van der Waals surface area contributed by atoms with Gasteiger partial charge in [0.1, 0.15) is 5.82 Å². The molecule has 0 radical (unpaired) electrons. The molecule has 1 N–H and O–H groups in total. The molecule has 1 aliphatic rings. The first-order valence-electron chi connectivity index (χ1n) is 6.59. The van der Waals surface area contributed by atoms with E-state index in [2.05, 4.69) is 10.4 Å². The van der Waals surface area contributed by atoms with Gasteiger partial charge in [0.2, 0.25) is 5.91 Å². The number of carbonyl (C=O) groups excluding carboxylic acids is 1. The number of rotatable bonds is 3. The van der Waals surface area contributed by atoms with E-state index in [4.69, 9.17) is 0 Å². The SMILES string of the molecule is CCCC(=O)Nc1c2c(nn1C(C)(C)C)C[S@](=O)C2. The van der Waals surface area contributed by atoms with Crippen molar-refractivity contribution in [1.82, 2.24) is 9.78 Å². The van der Waals surface area contributed by atoms with Crippen molar-refractivity contribution in [3.63, 3.8) is 0 Å². The fourth-order valence-corrected chi connectivity index (χ4v) is 3.43. The molecule has 0 aromatic carbocycles. The van der Waals surface area contributed by atoms with Crippen LogP contribution in [0.25, 0.3) is 0 Å². The Kier molecular flexibility index (Phi) is 3.80. The summed E-state index contributed by atoms with van der Waals surface area (Å²) in [4.78, 5) is 11.8. The maximum atomic E-state index is 11.8. The van der Waals surface area contributed by atoms with E-state index in [1.54, 1.807) is 0 Å². The molecule has 0 saturated heterocycles. The molecule has 0 spiro atoms. The van der Waals surface area contributed by atoms with Crippen molar-refractivity contribution in [3.05, 3.63) is 11.3 Å². The van der Waals surface area contributed by atoms with Crippen molar-refractivity contribution in [2.75, 3.05) is 5.32 Å². The summed E-state index contributed by atoms with van der Waals surface area (Å²) in [5.74, 6) is 1.71. The zero-order valence-corrected chi connectivity index (χ0v) is 12.8. The van der Waals surface area contributed by atoms with Crippen LogP contribution in [0, 0.1) is 0 Å². The van der Waals surface area contributed by atoms with Crippen LogP contribution in [0.15, 0.2) is 0 Å². The lowest BCUT2D eigenvalue weighted by molar-refractivity contribution is -0.116. The Labute approximate surface area is 116 Å². The summed E-state index contributed by atoms with van der Waals surface area (Å²) in [6, 6.07) is 0. The minimum absolute atomic E-state index is 0.00613. The first-order chi connectivity index (χ1) is 8.82. The third kappa shape index (κ3) is 2.88. The molecule has 5 nitrogen and oxygen atoms in total. The van der Waals surface area contributed by atoms with Crippen molar-refractivity contribution in [2.45, 2.75) is 57.6 Å². The Morgan fingerprint density at radius 1 is 1.42 bits per heavy atom. The minimum Gasteiger partial charge on any atom is -0.311 e. The van der Waals surface area contributed by atoms with Crippen LogP contribution in [0.1, 0.15) is 51.8 Å². The summed E-state index contributed by atoms with van der Waals surface area (Å²) in [7, 11) is -0.879. The Hall–Kier alpha value is -1.17. The van der Waals surface area contributed by atoms with Crippen LogP contribution in [-0.4, -0.2) is 19.9 Å². The monoisotopic (exact) mass is 283 g/mol. The highest BCUT2D eigenvalue weighted by Gasteiger charge is 2.31. The van der Waals surface area contributed by atoms with E-state index >= 15 is 0 Å². The topological polar surface area (TPSA) is 64.0 Å². The van der Waals surface area contributed by atoms with Crippen LogP contribution in [0.3, 0.4) is 0 Å². The smallest absolute Gasteiger partial charge is 0.225 e. The molecular weight excluding hydrogens is 262 g/mol. The zero-order chi connectivity index (χ0) is 14.2. The fraction of sp³-hybridized carbons (Fsp3) is 0.692. The molecule has 2 heterocycles. The first-order valence-corrected chi connectivity index (χ1v) is 8.07. The molecule has 0 fully saturated rings. The second-order valence-electron chi connectivity index (χ2n) is 5.88. The number of hydrogen-bond donors (Lipinski definition) is 1. The molecule has 1 amide bonds. The number of anilines is 1. The van der Waals surface area contributed by atoms with Gasteiger partial charge in [0.25, 0.3) is 0 Å². The highest BCUT2D eigenvalue weighted by Crippen LogP contribution is 2.32. The van der Waals surface area contributed by atoms with E-state index in [0.717, 1.165) is 23.5 Å². The fourth-order valence-electron chi connectivity index (χ4n) is 2.16. The summed E-state index contributed by atoms with van der Waals surface area (Å²) in [6.45, 7) is 8.10. The van der Waals surface area contributed by atoms with Crippen LogP contribution in [0.2, 0.25) is 0 Å². The third-order valence-electron chi connectivity index (χ3n) is 3.04. The van der Waals surface area contributed by atoms with Crippen LogP contribution >= 0.6 is 0 Å². The summed E-state index contributed by atoms with van der Waals surface area (Å²) in [6.07, 6.45) is 1.30. The first kappa shape index (κ1) is 14.2. The van der Waals surface area contributed by atoms with E-state index in [0.29, 0.717) is 17.9 Å². The van der Waals surface area contributed by atoms with Crippen LogP contribution in [0.4, 0.5) is 5.82 Å². The second-order valence-corrected chi connectivity index (χ2v) is 7.34. The van der Waals surface area contributed by atoms with Gasteiger partial charge >= 0.3 is 0 Å². The maximum absolute atomic E-state index is 11.8. The molecule has 1 aromatic rings. The highest BCUT2D eigenvalue weighted by molar-refractivity contribution is 7.83. The number of aromatic nitrogens is 2. The second kappa shape index (κ2) is 5.07. The number of hydrogen-bond acceptors (Lipinski definition) is 3. The van der Waals surface area contributed by atoms with Gasteiger partial charge in [-0.1, -0.05) is 6.92 Å². The Morgan fingerprint density at radius 3 is 2.68 bits per heavy atom. The predicted molar refractivity (Wildman–Crippen MR) is 76.3 cm³/mol. The molecule has 1 aromatic heterocycles. The van der Waals surface area contributed by atoms with Crippen molar-refractivity contribution in [1.29, 1.82) is 0 Å². The average Bonchev–Trinajstić information content (AvgIpc) is 2.76. The quantitative estimate of drug-likeness (QED) is 0.924. The van der Waals surface area contributed by atoms with Crippen molar-refractivity contribution in [3.8, 4) is 0 Å². The van der Waals surface area contributed by atoms with E-state index in [1.165, 1.54) is 0 Å². The lowest BCUT2D eigenvalue weighted by Crippen LogP contribution is -2.27. The minimum atomic E-state index is -0.879.